The second kappa shape index (κ2) is 7.19. The second-order valence-electron chi connectivity index (χ2n) is 6.24. The molecule has 7 heteroatoms. The summed E-state index contributed by atoms with van der Waals surface area (Å²) in [5.74, 6) is -2.95. The van der Waals surface area contributed by atoms with Gasteiger partial charge in [-0.3, -0.25) is 10.1 Å². The Labute approximate surface area is 148 Å². The molecule has 1 N–H and O–H groups in total. The van der Waals surface area contributed by atoms with Crippen molar-refractivity contribution in [2.75, 3.05) is 5.32 Å². The highest BCUT2D eigenvalue weighted by atomic mass is 35.5. The second-order valence-corrected chi connectivity index (χ2v) is 6.68. The average molecular weight is 368 g/mol. The molecule has 2 rings (SSSR count). The van der Waals surface area contributed by atoms with E-state index in [2.05, 4.69) is 5.32 Å². The van der Waals surface area contributed by atoms with E-state index < -0.39 is 34.7 Å². The molecule has 0 saturated heterocycles. The molecule has 0 bridgehead atoms. The molecule has 0 aliphatic rings. The van der Waals surface area contributed by atoms with Crippen LogP contribution < -0.4 is 5.32 Å². The quantitative estimate of drug-likeness (QED) is 0.759. The first kappa shape index (κ1) is 18.9. The molecule has 0 unspecified atom stereocenters. The molecule has 1 amide bonds. The summed E-state index contributed by atoms with van der Waals surface area (Å²) < 4.78 is 32.9. The van der Waals surface area contributed by atoms with Crippen LogP contribution in [0.3, 0.4) is 0 Å². The van der Waals surface area contributed by atoms with Crippen LogP contribution in [0.5, 0.6) is 0 Å². The summed E-state index contributed by atoms with van der Waals surface area (Å²) in [7, 11) is 0. The molecular formula is C18H16ClF2NO3. The molecule has 0 radical (unpaired) electrons. The molecule has 2 aromatic rings. The van der Waals surface area contributed by atoms with E-state index in [1.165, 1.54) is 18.2 Å². The monoisotopic (exact) mass is 367 g/mol. The van der Waals surface area contributed by atoms with E-state index in [-0.39, 0.29) is 16.3 Å². The number of hydrogen-bond donors (Lipinski definition) is 1. The number of benzene rings is 2. The minimum absolute atomic E-state index is 0.0336. The molecule has 25 heavy (non-hydrogen) atoms. The highest BCUT2D eigenvalue weighted by Crippen LogP contribution is 2.26. The predicted octanol–water partition coefficient (Wildman–Crippen LogP) is 5.20. The standard InChI is InChI=1S/C18H16ClF2NO3/c1-18(2,3)25-17(24)22-14-8-7-10(19)9-11(14)16(23)15-12(20)5-4-6-13(15)21/h4-9H,1-3H3,(H,22,24). The van der Waals surface area contributed by atoms with Crippen molar-refractivity contribution in [1.29, 1.82) is 0 Å². The minimum atomic E-state index is -1.01. The van der Waals surface area contributed by atoms with Gasteiger partial charge in [0.25, 0.3) is 0 Å². The van der Waals surface area contributed by atoms with E-state index >= 15 is 0 Å². The van der Waals surface area contributed by atoms with Crippen molar-refractivity contribution < 1.29 is 23.1 Å². The van der Waals surface area contributed by atoms with Crippen molar-refractivity contribution in [3.05, 3.63) is 64.2 Å². The molecule has 0 fully saturated rings. The summed E-state index contributed by atoms with van der Waals surface area (Å²) >= 11 is 5.89. The van der Waals surface area contributed by atoms with Gasteiger partial charge in [-0.25, -0.2) is 13.6 Å². The molecule has 0 aliphatic heterocycles. The number of halogens is 3. The number of carbonyl (C=O) groups excluding carboxylic acids is 2. The molecule has 2 aromatic carbocycles. The largest absolute Gasteiger partial charge is 0.444 e. The number of nitrogens with one attached hydrogen (secondary N) is 1. The highest BCUT2D eigenvalue weighted by Gasteiger charge is 2.23. The third-order valence-electron chi connectivity index (χ3n) is 3.05. The molecule has 132 valence electrons. The van der Waals surface area contributed by atoms with Crippen molar-refractivity contribution in [2.24, 2.45) is 0 Å². The maximum Gasteiger partial charge on any atom is 0.412 e. The van der Waals surface area contributed by atoms with Gasteiger partial charge in [-0.1, -0.05) is 17.7 Å². The van der Waals surface area contributed by atoms with E-state index in [4.69, 9.17) is 16.3 Å². The van der Waals surface area contributed by atoms with Crippen LogP contribution in [0.1, 0.15) is 36.7 Å². The molecule has 0 heterocycles. The molecule has 0 aromatic heterocycles. The van der Waals surface area contributed by atoms with Crippen LogP contribution in [-0.2, 0) is 4.74 Å². The Kier molecular flexibility index (Phi) is 5.42. The summed E-state index contributed by atoms with van der Waals surface area (Å²) in [5.41, 5.74) is -1.59. The third kappa shape index (κ3) is 4.76. The topological polar surface area (TPSA) is 55.4 Å². The van der Waals surface area contributed by atoms with Crippen molar-refractivity contribution in [3.63, 3.8) is 0 Å². The third-order valence-corrected chi connectivity index (χ3v) is 3.29. The van der Waals surface area contributed by atoms with Gasteiger partial charge in [0.2, 0.25) is 5.78 Å². The lowest BCUT2D eigenvalue weighted by Gasteiger charge is -2.20. The van der Waals surface area contributed by atoms with Crippen LogP contribution >= 0.6 is 11.6 Å². The van der Waals surface area contributed by atoms with E-state index in [1.54, 1.807) is 20.8 Å². The lowest BCUT2D eigenvalue weighted by atomic mass is 10.0. The number of amides is 1. The Morgan fingerprint density at radius 3 is 2.24 bits per heavy atom. The van der Waals surface area contributed by atoms with Crippen molar-refractivity contribution in [3.8, 4) is 0 Å². The smallest absolute Gasteiger partial charge is 0.412 e. The van der Waals surface area contributed by atoms with Crippen molar-refractivity contribution >= 4 is 29.2 Å². The fraction of sp³-hybridized carbons (Fsp3) is 0.222. The lowest BCUT2D eigenvalue weighted by Crippen LogP contribution is -2.27. The predicted molar refractivity (Wildman–Crippen MR) is 91.1 cm³/mol. The minimum Gasteiger partial charge on any atom is -0.444 e. The maximum absolute atomic E-state index is 13.9. The van der Waals surface area contributed by atoms with Gasteiger partial charge in [-0.15, -0.1) is 0 Å². The van der Waals surface area contributed by atoms with Gasteiger partial charge in [0, 0.05) is 10.6 Å². The van der Waals surface area contributed by atoms with Crippen molar-refractivity contribution in [2.45, 2.75) is 26.4 Å². The first-order valence-electron chi connectivity index (χ1n) is 7.37. The molecule has 0 spiro atoms. The number of rotatable bonds is 3. The Bertz CT molecular complexity index is 811. The van der Waals surface area contributed by atoms with Crippen LogP contribution in [-0.4, -0.2) is 17.5 Å². The Morgan fingerprint density at radius 1 is 1.08 bits per heavy atom. The molecule has 0 atom stereocenters. The first-order valence-corrected chi connectivity index (χ1v) is 7.74. The number of anilines is 1. The molecule has 0 aliphatic carbocycles. The van der Waals surface area contributed by atoms with E-state index in [0.29, 0.717) is 0 Å². The number of hydrogen-bond acceptors (Lipinski definition) is 3. The molecular weight excluding hydrogens is 352 g/mol. The van der Waals surface area contributed by atoms with Gasteiger partial charge >= 0.3 is 6.09 Å². The Balaban J connectivity index is 2.42. The van der Waals surface area contributed by atoms with Gasteiger partial charge in [0.1, 0.15) is 17.2 Å². The van der Waals surface area contributed by atoms with Gasteiger partial charge < -0.3 is 4.74 Å². The number of ketones is 1. The van der Waals surface area contributed by atoms with E-state index in [0.717, 1.165) is 18.2 Å². The Hall–Kier alpha value is -2.47. The van der Waals surface area contributed by atoms with Crippen LogP contribution in [0.15, 0.2) is 36.4 Å². The van der Waals surface area contributed by atoms with Crippen LogP contribution in [0.2, 0.25) is 5.02 Å². The van der Waals surface area contributed by atoms with E-state index in [1.807, 2.05) is 0 Å². The van der Waals surface area contributed by atoms with Gasteiger partial charge in [-0.05, 0) is 51.1 Å². The summed E-state index contributed by atoms with van der Waals surface area (Å²) in [6.45, 7) is 5.03. The average Bonchev–Trinajstić information content (AvgIpc) is 2.46. The zero-order valence-corrected chi connectivity index (χ0v) is 14.6. The summed E-state index contributed by atoms with van der Waals surface area (Å²) in [6.07, 6.45) is -0.808. The van der Waals surface area contributed by atoms with Gasteiger partial charge in [-0.2, -0.15) is 0 Å². The van der Waals surface area contributed by atoms with Crippen LogP contribution in [0, 0.1) is 11.6 Å². The van der Waals surface area contributed by atoms with Gasteiger partial charge in [0.05, 0.1) is 11.3 Å². The fourth-order valence-electron chi connectivity index (χ4n) is 2.08. The number of ether oxygens (including phenoxy) is 1. The van der Waals surface area contributed by atoms with Crippen LogP contribution in [0.4, 0.5) is 19.3 Å². The summed E-state index contributed by atoms with van der Waals surface area (Å²) in [5, 5.41) is 2.57. The lowest BCUT2D eigenvalue weighted by molar-refractivity contribution is 0.0636. The van der Waals surface area contributed by atoms with Gasteiger partial charge in [0.15, 0.2) is 0 Å². The molecule has 4 nitrogen and oxygen atoms in total. The fourth-order valence-corrected chi connectivity index (χ4v) is 2.25. The summed E-state index contributed by atoms with van der Waals surface area (Å²) in [6, 6.07) is 7.12. The molecule has 0 saturated carbocycles. The SMILES string of the molecule is CC(C)(C)OC(=O)Nc1ccc(Cl)cc1C(=O)c1c(F)cccc1F. The number of carbonyl (C=O) groups is 2. The van der Waals surface area contributed by atoms with E-state index in [9.17, 15) is 18.4 Å². The maximum atomic E-state index is 13.9. The zero-order chi connectivity index (χ0) is 18.8. The first-order chi connectivity index (χ1) is 11.6. The van der Waals surface area contributed by atoms with Crippen molar-refractivity contribution in [1.82, 2.24) is 0 Å². The van der Waals surface area contributed by atoms with Crippen LogP contribution in [0.25, 0.3) is 0 Å². The normalized spacial score (nSPS) is 11.1. The zero-order valence-electron chi connectivity index (χ0n) is 13.8. The summed E-state index contributed by atoms with van der Waals surface area (Å²) in [4.78, 5) is 24.5. The Morgan fingerprint density at radius 2 is 1.68 bits per heavy atom. The highest BCUT2D eigenvalue weighted by molar-refractivity contribution is 6.31.